The molecule has 2 aliphatic heterocycles. The van der Waals surface area contributed by atoms with Crippen LogP contribution in [0.15, 0.2) is 23.8 Å². The second-order valence-electron chi connectivity index (χ2n) is 9.30. The Morgan fingerprint density at radius 3 is 2.67 bits per heavy atom. The fourth-order valence-corrected chi connectivity index (χ4v) is 7.30. The van der Waals surface area contributed by atoms with Gasteiger partial charge in [-0.05, 0) is 24.8 Å². The van der Waals surface area contributed by atoms with Crippen LogP contribution in [0.3, 0.4) is 0 Å². The molecule has 1 spiro atoms. The molecule has 0 unspecified atom stereocenters. The molecule has 5 rings (SSSR count). The van der Waals surface area contributed by atoms with E-state index >= 15 is 0 Å². The fourth-order valence-electron chi connectivity index (χ4n) is 7.30. The Kier molecular flexibility index (Phi) is 3.31. The van der Waals surface area contributed by atoms with Gasteiger partial charge in [-0.1, -0.05) is 25.2 Å². The average molecular weight is 378 g/mol. The minimum atomic E-state index is -1.94. The van der Waals surface area contributed by atoms with Gasteiger partial charge in [0, 0.05) is 22.7 Å². The third kappa shape index (κ3) is 1.74. The summed E-state index contributed by atoms with van der Waals surface area (Å²) < 4.78 is 11.6. The number of aliphatic hydroxyl groups is 4. The van der Waals surface area contributed by atoms with Crippen LogP contribution in [0.2, 0.25) is 0 Å². The zero-order valence-corrected chi connectivity index (χ0v) is 15.5. The predicted octanol–water partition coefficient (Wildman–Crippen LogP) is -0.122. The van der Waals surface area contributed by atoms with Crippen molar-refractivity contribution in [3.63, 3.8) is 0 Å². The van der Waals surface area contributed by atoms with Crippen LogP contribution in [0.5, 0.6) is 0 Å². The van der Waals surface area contributed by atoms with E-state index in [0.717, 1.165) is 5.57 Å². The number of fused-ring (bicyclic) bond motifs is 1. The van der Waals surface area contributed by atoms with Crippen LogP contribution >= 0.6 is 0 Å². The Balaban J connectivity index is 1.78. The van der Waals surface area contributed by atoms with Gasteiger partial charge in [0.25, 0.3) is 0 Å². The maximum atomic E-state index is 12.3. The first-order chi connectivity index (χ1) is 12.6. The second kappa shape index (κ2) is 5.02. The molecule has 2 heterocycles. The Morgan fingerprint density at radius 2 is 1.96 bits per heavy atom. The van der Waals surface area contributed by atoms with Crippen molar-refractivity contribution < 1.29 is 34.7 Å². The highest BCUT2D eigenvalue weighted by Crippen LogP contribution is 2.73. The first kappa shape index (κ1) is 17.8. The van der Waals surface area contributed by atoms with Crippen molar-refractivity contribution >= 4 is 5.97 Å². The van der Waals surface area contributed by atoms with E-state index < -0.39 is 52.9 Å². The van der Waals surface area contributed by atoms with Gasteiger partial charge >= 0.3 is 5.97 Å². The molecule has 0 aromatic heterocycles. The van der Waals surface area contributed by atoms with Gasteiger partial charge in [0.15, 0.2) is 5.79 Å². The van der Waals surface area contributed by atoms with Crippen molar-refractivity contribution in [2.24, 2.45) is 28.6 Å². The van der Waals surface area contributed by atoms with Crippen molar-refractivity contribution in [3.8, 4) is 0 Å². The lowest BCUT2D eigenvalue weighted by molar-refractivity contribution is -0.312. The smallest absolute Gasteiger partial charge is 0.306 e. The summed E-state index contributed by atoms with van der Waals surface area (Å²) in [5.41, 5.74) is -0.468. The molecule has 10 atom stereocenters. The lowest BCUT2D eigenvalue weighted by Crippen LogP contribution is -2.74. The highest BCUT2D eigenvalue weighted by atomic mass is 16.6. The molecule has 0 aromatic carbocycles. The topological polar surface area (TPSA) is 116 Å². The van der Waals surface area contributed by atoms with Crippen molar-refractivity contribution in [3.05, 3.63) is 23.8 Å². The summed E-state index contributed by atoms with van der Waals surface area (Å²) in [5, 5.41) is 43.9. The van der Waals surface area contributed by atoms with Crippen LogP contribution in [0, 0.1) is 28.6 Å². The lowest BCUT2D eigenvalue weighted by Gasteiger charge is -2.67. The molecule has 4 N–H and O–H groups in total. The first-order valence-corrected chi connectivity index (χ1v) is 9.55. The third-order valence-corrected chi connectivity index (χ3v) is 8.35. The Bertz CT molecular complexity index is 776. The highest BCUT2D eigenvalue weighted by Gasteiger charge is 2.81. The van der Waals surface area contributed by atoms with Crippen molar-refractivity contribution in [1.82, 2.24) is 0 Å². The Hall–Kier alpha value is -1.25. The van der Waals surface area contributed by atoms with E-state index in [1.165, 1.54) is 0 Å². The number of aliphatic hydroxyl groups excluding tert-OH is 3. The van der Waals surface area contributed by atoms with E-state index in [9.17, 15) is 25.2 Å². The maximum Gasteiger partial charge on any atom is 0.306 e. The number of hydrogen-bond acceptors (Lipinski definition) is 7. The van der Waals surface area contributed by atoms with Gasteiger partial charge in [-0.25, -0.2) is 0 Å². The molecule has 2 bridgehead atoms. The summed E-state index contributed by atoms with van der Waals surface area (Å²) in [7, 11) is 0. The minimum absolute atomic E-state index is 0.0660. The summed E-state index contributed by atoms with van der Waals surface area (Å²) in [6, 6.07) is 0. The van der Waals surface area contributed by atoms with Gasteiger partial charge in [0.2, 0.25) is 0 Å². The Morgan fingerprint density at radius 1 is 1.26 bits per heavy atom. The van der Waals surface area contributed by atoms with E-state index in [2.05, 4.69) is 6.58 Å². The molecular weight excluding hydrogens is 352 g/mol. The SMILES string of the molecule is C=C1[C@@H](O)[C@]2(O)OC[C@]34[C@H]2[C@]2(C)[C@H](C[C@H]3OC(=O)C[C@@H]14)C(C)=C[C@H](O)[C@H]2O. The van der Waals surface area contributed by atoms with Crippen LogP contribution in [-0.4, -0.2) is 63.2 Å². The molecule has 27 heavy (non-hydrogen) atoms. The number of carbonyl (C=O) groups is 1. The third-order valence-electron chi connectivity index (χ3n) is 8.35. The molecule has 2 saturated carbocycles. The predicted molar refractivity (Wildman–Crippen MR) is 91.9 cm³/mol. The molecule has 0 amide bonds. The van der Waals surface area contributed by atoms with E-state index in [4.69, 9.17) is 9.47 Å². The molecule has 5 aliphatic rings. The zero-order valence-electron chi connectivity index (χ0n) is 15.5. The average Bonchev–Trinajstić information content (AvgIpc) is 2.90. The van der Waals surface area contributed by atoms with Gasteiger partial charge in [0.05, 0.1) is 25.2 Å². The highest BCUT2D eigenvalue weighted by molar-refractivity contribution is 5.72. The molecule has 4 fully saturated rings. The summed E-state index contributed by atoms with van der Waals surface area (Å²) in [6.45, 7) is 7.81. The lowest BCUT2D eigenvalue weighted by atomic mass is 9.39. The van der Waals surface area contributed by atoms with Crippen LogP contribution in [0.25, 0.3) is 0 Å². The molecule has 3 aliphatic carbocycles. The molecule has 0 radical (unpaired) electrons. The summed E-state index contributed by atoms with van der Waals surface area (Å²) >= 11 is 0. The largest absolute Gasteiger partial charge is 0.462 e. The van der Waals surface area contributed by atoms with E-state index in [1.807, 2.05) is 13.8 Å². The van der Waals surface area contributed by atoms with E-state index in [-0.39, 0.29) is 24.9 Å². The van der Waals surface area contributed by atoms with E-state index in [0.29, 0.717) is 12.0 Å². The number of allylic oxidation sites excluding steroid dienone is 1. The first-order valence-electron chi connectivity index (χ1n) is 9.55. The normalized spacial score (nSPS) is 58.9. The quantitative estimate of drug-likeness (QED) is 0.343. The van der Waals surface area contributed by atoms with Crippen LogP contribution in [0.1, 0.15) is 26.7 Å². The fraction of sp³-hybridized carbons (Fsp3) is 0.750. The van der Waals surface area contributed by atoms with Gasteiger partial charge in [-0.3, -0.25) is 4.79 Å². The molecule has 148 valence electrons. The molecular formula is C20H26O7. The number of ether oxygens (including phenoxy) is 2. The minimum Gasteiger partial charge on any atom is -0.462 e. The second-order valence-corrected chi connectivity index (χ2v) is 9.30. The summed E-state index contributed by atoms with van der Waals surface area (Å²) in [5.74, 6) is -3.63. The monoisotopic (exact) mass is 378 g/mol. The van der Waals surface area contributed by atoms with Crippen molar-refractivity contribution in [2.45, 2.75) is 56.9 Å². The standard InChI is InChI=1S/C20H26O7/c1-8-4-12(21)16(24)18(3)10(8)5-13-19-7-26-20(25,17(18)19)15(23)9(2)11(19)6-14(22)27-13/h4,10-13,15-17,21,23-25H,2,5-7H2,1,3H3/t10-,11+,12+,13-,15-,16-,17-,18-,19-,20+/m1/s1. The molecule has 7 nitrogen and oxygen atoms in total. The Labute approximate surface area is 157 Å². The van der Waals surface area contributed by atoms with E-state index in [1.54, 1.807) is 6.08 Å². The summed E-state index contributed by atoms with van der Waals surface area (Å²) in [6.07, 6.45) is -1.92. The number of esters is 1. The van der Waals surface area contributed by atoms with Crippen molar-refractivity contribution in [1.29, 1.82) is 0 Å². The number of hydrogen-bond donors (Lipinski definition) is 4. The van der Waals surface area contributed by atoms with Crippen molar-refractivity contribution in [2.75, 3.05) is 6.61 Å². The maximum absolute atomic E-state index is 12.3. The van der Waals surface area contributed by atoms with Crippen LogP contribution < -0.4 is 0 Å². The van der Waals surface area contributed by atoms with Crippen LogP contribution in [-0.2, 0) is 14.3 Å². The number of rotatable bonds is 0. The molecule has 0 aromatic rings. The summed E-state index contributed by atoms with van der Waals surface area (Å²) in [4.78, 5) is 12.3. The van der Waals surface area contributed by atoms with Gasteiger partial charge in [-0.15, -0.1) is 0 Å². The van der Waals surface area contributed by atoms with Gasteiger partial charge in [-0.2, -0.15) is 0 Å². The zero-order chi connectivity index (χ0) is 19.5. The molecule has 2 saturated heterocycles. The van der Waals surface area contributed by atoms with Gasteiger partial charge < -0.3 is 29.9 Å². The molecule has 7 heteroatoms. The van der Waals surface area contributed by atoms with Gasteiger partial charge in [0.1, 0.15) is 12.2 Å². The number of carbonyl (C=O) groups excluding carboxylic acids is 1. The van der Waals surface area contributed by atoms with Crippen LogP contribution in [0.4, 0.5) is 0 Å².